The van der Waals surface area contributed by atoms with Crippen LogP contribution >= 0.6 is 21.6 Å². The Hall–Kier alpha value is -0.860. The maximum Gasteiger partial charge on any atom is 0.274 e. The second kappa shape index (κ2) is 19.3. The highest BCUT2D eigenvalue weighted by molar-refractivity contribution is 8.76. The number of Topliss-reactive ketones (excluding diaryl/α,β-unsaturated/α-hetero) is 1. The molecule has 1 N–H and O–H groups in total. The van der Waals surface area contributed by atoms with Crippen LogP contribution in [0, 0.1) is 5.92 Å². The molecule has 35 heavy (non-hydrogen) atoms. The normalized spacial score (nSPS) is 12.5. The lowest BCUT2D eigenvalue weighted by atomic mass is 10.1. The first kappa shape index (κ1) is 34.1. The lowest BCUT2D eigenvalue weighted by Gasteiger charge is -2.22. The first-order valence-corrected chi connectivity index (χ1v) is 15.7. The molecule has 1 unspecified atom stereocenters. The van der Waals surface area contributed by atoms with Crippen LogP contribution in [0.25, 0.3) is 0 Å². The van der Waals surface area contributed by atoms with Crippen molar-refractivity contribution in [2.75, 3.05) is 65.1 Å². The van der Waals surface area contributed by atoms with Crippen molar-refractivity contribution in [2.45, 2.75) is 51.7 Å². The molecule has 0 aliphatic carbocycles. The number of amides is 2. The van der Waals surface area contributed by atoms with Gasteiger partial charge in [-0.2, -0.15) is 8.42 Å². The summed E-state index contributed by atoms with van der Waals surface area (Å²) in [7, 11) is 1.75. The SMILES string of the molecule is CC(=O)C(CCSSCCC(=O)N(C)CCN(C)C(=O)CCOCCOCCC(C)C)S(=O)(=O)O. The van der Waals surface area contributed by atoms with E-state index in [-0.39, 0.29) is 24.7 Å². The van der Waals surface area contributed by atoms with Crippen LogP contribution in [-0.4, -0.2) is 111 Å². The van der Waals surface area contributed by atoms with Crippen molar-refractivity contribution >= 4 is 49.3 Å². The van der Waals surface area contributed by atoms with Crippen molar-refractivity contribution in [1.82, 2.24) is 9.80 Å². The van der Waals surface area contributed by atoms with Crippen LogP contribution in [0.2, 0.25) is 0 Å². The number of carbonyl (C=O) groups is 3. The first-order valence-electron chi connectivity index (χ1n) is 11.7. The van der Waals surface area contributed by atoms with E-state index >= 15 is 0 Å². The molecule has 0 heterocycles. The Morgan fingerprint density at radius 2 is 1.34 bits per heavy atom. The van der Waals surface area contributed by atoms with Gasteiger partial charge in [0.2, 0.25) is 11.8 Å². The van der Waals surface area contributed by atoms with E-state index in [2.05, 4.69) is 13.8 Å². The third-order valence-electron chi connectivity index (χ3n) is 5.05. The minimum Gasteiger partial charge on any atom is -0.379 e. The number of hydrogen-bond donors (Lipinski definition) is 1. The summed E-state index contributed by atoms with van der Waals surface area (Å²) in [5.41, 5.74) is 0. The molecule has 0 bridgehead atoms. The molecule has 2 amide bonds. The van der Waals surface area contributed by atoms with Gasteiger partial charge in [0.1, 0.15) is 11.0 Å². The maximum absolute atomic E-state index is 12.3. The Morgan fingerprint density at radius 3 is 1.86 bits per heavy atom. The van der Waals surface area contributed by atoms with Crippen molar-refractivity contribution in [3.8, 4) is 0 Å². The number of hydrogen-bond acceptors (Lipinski definition) is 9. The molecular weight excluding hydrogens is 516 g/mol. The van der Waals surface area contributed by atoms with Crippen LogP contribution in [0.15, 0.2) is 0 Å². The van der Waals surface area contributed by atoms with Gasteiger partial charge >= 0.3 is 0 Å². The Labute approximate surface area is 218 Å². The van der Waals surface area contributed by atoms with Crippen LogP contribution < -0.4 is 0 Å². The van der Waals surface area contributed by atoms with Gasteiger partial charge in [-0.05, 0) is 25.7 Å². The third kappa shape index (κ3) is 18.1. The molecule has 0 saturated carbocycles. The molecule has 0 aromatic carbocycles. The summed E-state index contributed by atoms with van der Waals surface area (Å²) in [5.74, 6) is 0.801. The van der Waals surface area contributed by atoms with Crippen LogP contribution in [0.3, 0.4) is 0 Å². The van der Waals surface area contributed by atoms with Gasteiger partial charge in [-0.15, -0.1) is 0 Å². The van der Waals surface area contributed by atoms with E-state index in [0.717, 1.165) is 13.3 Å². The highest BCUT2D eigenvalue weighted by Crippen LogP contribution is 2.24. The maximum atomic E-state index is 12.3. The summed E-state index contributed by atoms with van der Waals surface area (Å²) in [6.07, 6.45) is 1.61. The second-order valence-corrected chi connectivity index (χ2v) is 12.9. The Balaban J connectivity index is 3.90. The molecule has 0 radical (unpaired) electrons. The highest BCUT2D eigenvalue weighted by Gasteiger charge is 2.27. The minimum absolute atomic E-state index is 0.0250. The van der Waals surface area contributed by atoms with E-state index in [9.17, 15) is 22.8 Å². The number of rotatable bonds is 21. The fourth-order valence-corrected chi connectivity index (χ4v) is 5.75. The topological polar surface area (TPSA) is 131 Å². The van der Waals surface area contributed by atoms with Gasteiger partial charge in [-0.1, -0.05) is 35.4 Å². The van der Waals surface area contributed by atoms with Gasteiger partial charge in [0.15, 0.2) is 0 Å². The highest BCUT2D eigenvalue weighted by atomic mass is 33.1. The summed E-state index contributed by atoms with van der Waals surface area (Å²) in [4.78, 5) is 38.9. The van der Waals surface area contributed by atoms with E-state index < -0.39 is 21.2 Å². The first-order chi connectivity index (χ1) is 16.4. The zero-order valence-corrected chi connectivity index (χ0v) is 24.0. The average Bonchev–Trinajstić information content (AvgIpc) is 2.76. The molecule has 0 saturated heterocycles. The minimum atomic E-state index is -4.39. The molecule has 0 spiro atoms. The Morgan fingerprint density at radius 1 is 0.829 bits per heavy atom. The molecule has 0 rings (SSSR count). The lowest BCUT2D eigenvalue weighted by Crippen LogP contribution is -2.37. The van der Waals surface area contributed by atoms with Gasteiger partial charge < -0.3 is 19.3 Å². The van der Waals surface area contributed by atoms with Crippen LogP contribution in [-0.2, 0) is 34.0 Å². The van der Waals surface area contributed by atoms with Crippen LogP contribution in [0.5, 0.6) is 0 Å². The summed E-state index contributed by atoms with van der Waals surface area (Å²) in [6, 6.07) is 0. The molecule has 13 heteroatoms. The fraction of sp³-hybridized carbons (Fsp3) is 0.864. The van der Waals surface area contributed by atoms with E-state index in [4.69, 9.17) is 14.0 Å². The van der Waals surface area contributed by atoms with E-state index in [1.54, 1.807) is 23.9 Å². The van der Waals surface area contributed by atoms with E-state index in [0.29, 0.717) is 63.4 Å². The average molecular weight is 559 g/mol. The van der Waals surface area contributed by atoms with Crippen molar-refractivity contribution in [1.29, 1.82) is 0 Å². The smallest absolute Gasteiger partial charge is 0.274 e. The molecule has 0 aliphatic rings. The van der Waals surface area contributed by atoms with Crippen molar-refractivity contribution < 1.29 is 36.8 Å². The van der Waals surface area contributed by atoms with Crippen molar-refractivity contribution in [2.24, 2.45) is 5.92 Å². The number of nitrogens with zero attached hydrogens (tertiary/aromatic N) is 2. The lowest BCUT2D eigenvalue weighted by molar-refractivity contribution is -0.134. The number of ether oxygens (including phenoxy) is 2. The van der Waals surface area contributed by atoms with Crippen molar-refractivity contribution in [3.63, 3.8) is 0 Å². The molecule has 10 nitrogen and oxygen atoms in total. The number of carbonyl (C=O) groups excluding carboxylic acids is 3. The van der Waals surface area contributed by atoms with Gasteiger partial charge in [-0.25, -0.2) is 0 Å². The summed E-state index contributed by atoms with van der Waals surface area (Å²) in [6.45, 7) is 8.28. The summed E-state index contributed by atoms with van der Waals surface area (Å²) >= 11 is 0. The number of ketones is 1. The second-order valence-electron chi connectivity index (χ2n) is 8.58. The van der Waals surface area contributed by atoms with Gasteiger partial charge in [0, 0.05) is 51.7 Å². The number of likely N-dealkylation sites (N-methyl/N-ethyl adjacent to an activating group) is 2. The molecule has 1 atom stereocenters. The fourth-order valence-electron chi connectivity index (χ4n) is 2.70. The van der Waals surface area contributed by atoms with Gasteiger partial charge in [0.25, 0.3) is 10.1 Å². The molecule has 206 valence electrons. The zero-order valence-electron chi connectivity index (χ0n) is 21.6. The summed E-state index contributed by atoms with van der Waals surface area (Å²) < 4.78 is 42.3. The van der Waals surface area contributed by atoms with Crippen molar-refractivity contribution in [3.05, 3.63) is 0 Å². The van der Waals surface area contributed by atoms with Gasteiger partial charge in [-0.3, -0.25) is 18.9 Å². The van der Waals surface area contributed by atoms with E-state index in [1.807, 2.05) is 0 Å². The molecule has 0 fully saturated rings. The zero-order chi connectivity index (χ0) is 26.9. The van der Waals surface area contributed by atoms with Crippen LogP contribution in [0.1, 0.15) is 46.5 Å². The largest absolute Gasteiger partial charge is 0.379 e. The Bertz CT molecular complexity index is 734. The van der Waals surface area contributed by atoms with E-state index in [1.165, 1.54) is 21.6 Å². The van der Waals surface area contributed by atoms with Crippen LogP contribution in [0.4, 0.5) is 0 Å². The molecular formula is C22H42N2O8S3. The molecule has 0 aromatic rings. The monoisotopic (exact) mass is 558 g/mol. The quantitative estimate of drug-likeness (QED) is 0.127. The third-order valence-corrected chi connectivity index (χ3v) is 8.78. The Kier molecular flexibility index (Phi) is 18.8. The van der Waals surface area contributed by atoms with Gasteiger partial charge in [0.05, 0.1) is 26.2 Å². The summed E-state index contributed by atoms with van der Waals surface area (Å²) in [5, 5.41) is -1.40. The molecule has 0 aliphatic heterocycles. The predicted molar refractivity (Wildman–Crippen MR) is 141 cm³/mol. The molecule has 0 aromatic heterocycles. The predicted octanol–water partition coefficient (Wildman–Crippen LogP) is 2.38. The standard InChI is InChI=1S/C22H42N2O8S3/c1-18(2)6-12-31-14-15-32-13-7-21(26)23(4)10-11-24(5)22(27)9-17-34-33-16-8-20(19(3)25)35(28,29)30/h18,20H,6-17H2,1-5H3,(H,28,29,30).